The summed E-state index contributed by atoms with van der Waals surface area (Å²) in [5.41, 5.74) is 3.99. The molecule has 7 aromatic rings. The van der Waals surface area contributed by atoms with E-state index in [4.69, 9.17) is 15.0 Å². The van der Waals surface area contributed by atoms with E-state index in [2.05, 4.69) is 64.6 Å². The van der Waals surface area contributed by atoms with E-state index in [1.54, 1.807) is 22.2 Å². The van der Waals surface area contributed by atoms with Crippen molar-refractivity contribution in [2.24, 2.45) is 0 Å². The van der Waals surface area contributed by atoms with Crippen molar-refractivity contribution < 1.29 is 0 Å². The zero-order chi connectivity index (χ0) is 25.5. The third-order valence-corrected chi connectivity index (χ3v) is 7.59. The van der Waals surface area contributed by atoms with Crippen LogP contribution < -0.4 is 4.90 Å². The Hall–Kier alpha value is -4.88. The summed E-state index contributed by atoms with van der Waals surface area (Å²) in [7, 11) is 0. The fourth-order valence-corrected chi connectivity index (χ4v) is 5.94. The number of fused-ring (bicyclic) bond motifs is 3. The number of para-hydroxylation sites is 1. The lowest BCUT2D eigenvalue weighted by atomic mass is 10.1. The standard InChI is InChI=1S/C31H22N6S/c1-21-17-18-24-23-11-5-12-25(30(23)38-31(24)33-21)26-13-6-15-28(34-26)37(22-9-3-2-4-10-22)29-16-7-14-27(35-29)36-20-8-19-32-36/h2-20H,1H3. The van der Waals surface area contributed by atoms with E-state index in [1.807, 2.05) is 61.7 Å². The molecule has 0 saturated heterocycles. The lowest BCUT2D eigenvalue weighted by Crippen LogP contribution is -2.14. The maximum atomic E-state index is 5.18. The van der Waals surface area contributed by atoms with Gasteiger partial charge in [-0.1, -0.05) is 48.5 Å². The fraction of sp³-hybridized carbons (Fsp3) is 0.0323. The molecule has 0 atom stereocenters. The van der Waals surface area contributed by atoms with Gasteiger partial charge in [0, 0.05) is 44.8 Å². The summed E-state index contributed by atoms with van der Waals surface area (Å²) in [5, 5.41) is 6.74. The highest BCUT2D eigenvalue weighted by atomic mass is 32.1. The van der Waals surface area contributed by atoms with Gasteiger partial charge in [-0.25, -0.2) is 19.6 Å². The summed E-state index contributed by atoms with van der Waals surface area (Å²) < 4.78 is 2.95. The van der Waals surface area contributed by atoms with Crippen molar-refractivity contribution in [2.75, 3.05) is 4.90 Å². The fourth-order valence-electron chi connectivity index (χ4n) is 4.70. The van der Waals surface area contributed by atoms with Crippen LogP contribution in [0.3, 0.4) is 0 Å². The summed E-state index contributed by atoms with van der Waals surface area (Å²) in [4.78, 5) is 18.0. The van der Waals surface area contributed by atoms with Crippen LogP contribution in [0.4, 0.5) is 17.3 Å². The van der Waals surface area contributed by atoms with Crippen molar-refractivity contribution in [1.82, 2.24) is 24.7 Å². The largest absolute Gasteiger partial charge is 0.279 e. The minimum Gasteiger partial charge on any atom is -0.279 e. The summed E-state index contributed by atoms with van der Waals surface area (Å²) in [6.07, 6.45) is 3.64. The molecule has 2 aromatic carbocycles. The Morgan fingerprint density at radius 2 is 1.50 bits per heavy atom. The van der Waals surface area contributed by atoms with E-state index in [-0.39, 0.29) is 0 Å². The molecule has 182 valence electrons. The number of rotatable bonds is 5. The Morgan fingerprint density at radius 1 is 0.684 bits per heavy atom. The molecule has 0 aliphatic rings. The summed E-state index contributed by atoms with van der Waals surface area (Å²) in [6.45, 7) is 2.03. The number of hydrogen-bond donors (Lipinski definition) is 0. The van der Waals surface area contributed by atoms with Crippen LogP contribution in [0.2, 0.25) is 0 Å². The Bertz CT molecular complexity index is 1890. The summed E-state index contributed by atoms with van der Waals surface area (Å²) in [6, 6.07) is 34.8. The molecule has 0 aliphatic heterocycles. The van der Waals surface area contributed by atoms with Crippen LogP contribution in [0.15, 0.2) is 116 Å². The van der Waals surface area contributed by atoms with Crippen LogP contribution in [-0.2, 0) is 0 Å². The first-order chi connectivity index (χ1) is 18.7. The number of pyridine rings is 3. The van der Waals surface area contributed by atoms with Gasteiger partial charge in [0.15, 0.2) is 5.82 Å². The first-order valence-electron chi connectivity index (χ1n) is 12.3. The van der Waals surface area contributed by atoms with Gasteiger partial charge in [0.25, 0.3) is 0 Å². The maximum Gasteiger partial charge on any atom is 0.155 e. The van der Waals surface area contributed by atoms with Gasteiger partial charge in [-0.05, 0) is 61.5 Å². The molecule has 5 heterocycles. The van der Waals surface area contributed by atoms with Gasteiger partial charge < -0.3 is 0 Å². The number of aryl methyl sites for hydroxylation is 1. The third kappa shape index (κ3) is 3.90. The van der Waals surface area contributed by atoms with E-state index in [0.29, 0.717) is 0 Å². The number of nitrogens with zero attached hydrogens (tertiary/aromatic N) is 6. The van der Waals surface area contributed by atoms with Crippen LogP contribution in [0, 0.1) is 6.92 Å². The zero-order valence-corrected chi connectivity index (χ0v) is 21.4. The lowest BCUT2D eigenvalue weighted by Gasteiger charge is -2.24. The predicted octanol–water partition coefficient (Wildman–Crippen LogP) is 7.87. The smallest absolute Gasteiger partial charge is 0.155 e. The van der Waals surface area contributed by atoms with E-state index >= 15 is 0 Å². The third-order valence-electron chi connectivity index (χ3n) is 6.45. The Labute approximate surface area is 223 Å². The summed E-state index contributed by atoms with van der Waals surface area (Å²) >= 11 is 1.72. The molecule has 0 bridgehead atoms. The quantitative estimate of drug-likeness (QED) is 0.236. The van der Waals surface area contributed by atoms with Crippen molar-refractivity contribution in [2.45, 2.75) is 6.92 Å². The predicted molar refractivity (Wildman–Crippen MR) is 155 cm³/mol. The maximum absolute atomic E-state index is 5.18. The number of hydrogen-bond acceptors (Lipinski definition) is 6. The van der Waals surface area contributed by atoms with Crippen LogP contribution in [0.1, 0.15) is 5.69 Å². The molecule has 0 amide bonds. The van der Waals surface area contributed by atoms with E-state index in [9.17, 15) is 0 Å². The van der Waals surface area contributed by atoms with Gasteiger partial charge in [-0.3, -0.25) is 4.90 Å². The van der Waals surface area contributed by atoms with Crippen molar-refractivity contribution in [1.29, 1.82) is 0 Å². The number of benzene rings is 2. The second-order valence-electron chi connectivity index (χ2n) is 8.95. The molecule has 0 N–H and O–H groups in total. The molecule has 38 heavy (non-hydrogen) atoms. The Morgan fingerprint density at radius 3 is 2.34 bits per heavy atom. The monoisotopic (exact) mass is 510 g/mol. The van der Waals surface area contributed by atoms with Gasteiger partial charge in [0.2, 0.25) is 0 Å². The normalized spacial score (nSPS) is 11.3. The van der Waals surface area contributed by atoms with Crippen molar-refractivity contribution in [3.8, 4) is 17.1 Å². The van der Waals surface area contributed by atoms with Crippen molar-refractivity contribution >= 4 is 49.0 Å². The molecule has 0 unspecified atom stereocenters. The van der Waals surface area contributed by atoms with Crippen LogP contribution in [-0.4, -0.2) is 24.7 Å². The van der Waals surface area contributed by atoms with Crippen LogP contribution in [0.25, 0.3) is 37.4 Å². The molecule has 0 fully saturated rings. The van der Waals surface area contributed by atoms with Gasteiger partial charge >= 0.3 is 0 Å². The minimum atomic E-state index is 0.738. The van der Waals surface area contributed by atoms with Crippen LogP contribution in [0.5, 0.6) is 0 Å². The molecule has 5 aromatic heterocycles. The molecule has 0 aliphatic carbocycles. The molecule has 0 radical (unpaired) electrons. The summed E-state index contributed by atoms with van der Waals surface area (Å²) in [5.74, 6) is 2.28. The highest BCUT2D eigenvalue weighted by molar-refractivity contribution is 7.26. The minimum absolute atomic E-state index is 0.738. The van der Waals surface area contributed by atoms with Crippen LogP contribution >= 0.6 is 11.3 Å². The molecule has 7 rings (SSSR count). The Balaban J connectivity index is 1.39. The van der Waals surface area contributed by atoms with E-state index in [0.717, 1.165) is 44.9 Å². The van der Waals surface area contributed by atoms with Gasteiger partial charge in [0.1, 0.15) is 16.5 Å². The van der Waals surface area contributed by atoms with E-state index < -0.39 is 0 Å². The first-order valence-corrected chi connectivity index (χ1v) is 13.1. The highest BCUT2D eigenvalue weighted by Gasteiger charge is 2.18. The SMILES string of the molecule is Cc1ccc2c(n1)sc1c(-c3cccc(N(c4ccccc4)c4cccc(-n5cccn5)n4)n3)cccc12. The van der Waals surface area contributed by atoms with Crippen molar-refractivity contribution in [3.63, 3.8) is 0 Å². The van der Waals surface area contributed by atoms with E-state index in [1.165, 1.54) is 15.5 Å². The number of aromatic nitrogens is 5. The van der Waals surface area contributed by atoms with Crippen molar-refractivity contribution in [3.05, 3.63) is 121 Å². The number of anilines is 3. The highest BCUT2D eigenvalue weighted by Crippen LogP contribution is 2.40. The average molecular weight is 511 g/mol. The lowest BCUT2D eigenvalue weighted by molar-refractivity contribution is 0.845. The topological polar surface area (TPSA) is 59.7 Å². The second-order valence-corrected chi connectivity index (χ2v) is 9.95. The van der Waals surface area contributed by atoms with Gasteiger partial charge in [-0.15, -0.1) is 11.3 Å². The second kappa shape index (κ2) is 9.21. The Kier molecular flexibility index (Phi) is 5.41. The molecular weight excluding hydrogens is 488 g/mol. The zero-order valence-electron chi connectivity index (χ0n) is 20.6. The number of thiophene rings is 1. The molecule has 7 heteroatoms. The molecule has 0 spiro atoms. The molecule has 6 nitrogen and oxygen atoms in total. The first kappa shape index (κ1) is 22.3. The molecule has 0 saturated carbocycles. The molecular formula is C31H22N6S. The van der Waals surface area contributed by atoms with Gasteiger partial charge in [-0.2, -0.15) is 5.10 Å². The average Bonchev–Trinajstić information content (AvgIpc) is 3.62. The van der Waals surface area contributed by atoms with Gasteiger partial charge in [0.05, 0.1) is 5.69 Å².